The Labute approximate surface area is 172 Å². The smallest absolute Gasteiger partial charge is 0.428 e. The standard InChI is InChI=1S/C20H19F4N3O2S/c21-18(22)20(23,24)29-14-7-8-15-16(11-14)26-19(25-15)30(28)12-13-5-1-2-6-17(13)27-9-3-4-10-27/h1-2,5-8,11,18H,3-4,9-10,12H2,(H,25,26). The predicted molar refractivity (Wildman–Crippen MR) is 106 cm³/mol. The van der Waals surface area contributed by atoms with Gasteiger partial charge in [0.15, 0.2) is 5.16 Å². The molecule has 1 N–H and O–H groups in total. The van der Waals surface area contributed by atoms with E-state index in [0.29, 0.717) is 5.52 Å². The molecular weight excluding hydrogens is 422 g/mol. The summed E-state index contributed by atoms with van der Waals surface area (Å²) in [6.45, 7) is 1.92. The van der Waals surface area contributed by atoms with Crippen molar-refractivity contribution in [1.82, 2.24) is 9.97 Å². The Kier molecular flexibility index (Phi) is 5.68. The van der Waals surface area contributed by atoms with Crippen molar-refractivity contribution >= 4 is 27.5 Å². The van der Waals surface area contributed by atoms with Crippen LogP contribution < -0.4 is 9.64 Å². The van der Waals surface area contributed by atoms with Crippen molar-refractivity contribution < 1.29 is 26.5 Å². The zero-order chi connectivity index (χ0) is 21.3. The number of halogens is 4. The summed E-state index contributed by atoms with van der Waals surface area (Å²) in [5.74, 6) is -0.201. The molecule has 1 fully saturated rings. The minimum atomic E-state index is -4.60. The maximum atomic E-state index is 13.1. The van der Waals surface area contributed by atoms with Crippen molar-refractivity contribution in [2.75, 3.05) is 18.0 Å². The molecule has 0 aliphatic carbocycles. The average molecular weight is 441 g/mol. The number of hydrogen-bond acceptors (Lipinski definition) is 4. The molecule has 1 unspecified atom stereocenters. The summed E-state index contributed by atoms with van der Waals surface area (Å²) in [4.78, 5) is 9.33. The highest BCUT2D eigenvalue weighted by Gasteiger charge is 2.44. The monoisotopic (exact) mass is 441 g/mol. The molecular formula is C20H19F4N3O2S. The van der Waals surface area contributed by atoms with Crippen LogP contribution in [-0.2, 0) is 16.6 Å². The van der Waals surface area contributed by atoms with Gasteiger partial charge in [-0.2, -0.15) is 17.6 Å². The molecule has 0 amide bonds. The summed E-state index contributed by atoms with van der Waals surface area (Å²) >= 11 is 0. The summed E-state index contributed by atoms with van der Waals surface area (Å²) in [6, 6.07) is 11.4. The second-order valence-corrected chi connectivity index (χ2v) is 8.36. The van der Waals surface area contributed by atoms with E-state index in [-0.39, 0.29) is 16.4 Å². The number of nitrogens with one attached hydrogen (secondary N) is 1. The van der Waals surface area contributed by atoms with Gasteiger partial charge in [0.2, 0.25) is 0 Å². The van der Waals surface area contributed by atoms with Crippen LogP contribution in [0.25, 0.3) is 11.0 Å². The summed E-state index contributed by atoms with van der Waals surface area (Å²) in [5.41, 5.74) is 2.62. The first kappa shape index (κ1) is 20.6. The lowest BCUT2D eigenvalue weighted by molar-refractivity contribution is -0.253. The largest absolute Gasteiger partial charge is 0.461 e. The van der Waals surface area contributed by atoms with E-state index >= 15 is 0 Å². The van der Waals surface area contributed by atoms with Crippen LogP contribution in [0.4, 0.5) is 23.2 Å². The minimum Gasteiger partial charge on any atom is -0.428 e. The Balaban J connectivity index is 1.55. The van der Waals surface area contributed by atoms with Gasteiger partial charge in [0.1, 0.15) is 5.75 Å². The summed E-state index contributed by atoms with van der Waals surface area (Å²) in [7, 11) is -1.51. The van der Waals surface area contributed by atoms with E-state index < -0.39 is 29.1 Å². The Morgan fingerprint density at radius 3 is 2.63 bits per heavy atom. The van der Waals surface area contributed by atoms with Crippen LogP contribution in [0.5, 0.6) is 5.75 Å². The molecule has 0 radical (unpaired) electrons. The van der Waals surface area contributed by atoms with E-state index in [2.05, 4.69) is 19.6 Å². The highest BCUT2D eigenvalue weighted by atomic mass is 32.2. The van der Waals surface area contributed by atoms with Gasteiger partial charge in [0.05, 0.1) is 27.6 Å². The number of nitrogens with zero attached hydrogens (tertiary/aromatic N) is 2. The molecule has 3 aromatic rings. The van der Waals surface area contributed by atoms with E-state index in [1.165, 1.54) is 6.07 Å². The van der Waals surface area contributed by atoms with E-state index in [0.717, 1.165) is 49.3 Å². The molecule has 1 atom stereocenters. The van der Waals surface area contributed by atoms with Crippen LogP contribution in [-0.4, -0.2) is 39.8 Å². The van der Waals surface area contributed by atoms with Gasteiger partial charge >= 0.3 is 12.5 Å². The zero-order valence-corrected chi connectivity index (χ0v) is 16.6. The average Bonchev–Trinajstić information content (AvgIpc) is 3.37. The molecule has 1 saturated heterocycles. The van der Waals surface area contributed by atoms with Crippen molar-refractivity contribution in [2.24, 2.45) is 0 Å². The first-order valence-electron chi connectivity index (χ1n) is 9.39. The molecule has 0 saturated carbocycles. The van der Waals surface area contributed by atoms with E-state index in [9.17, 15) is 21.8 Å². The number of hydrogen-bond donors (Lipinski definition) is 1. The lowest BCUT2D eigenvalue weighted by Crippen LogP contribution is -2.33. The molecule has 1 aliphatic heterocycles. The number of fused-ring (bicyclic) bond motifs is 1. The molecule has 0 spiro atoms. The highest BCUT2D eigenvalue weighted by Crippen LogP contribution is 2.30. The van der Waals surface area contributed by atoms with E-state index in [1.54, 1.807) is 0 Å². The molecule has 1 aliphatic rings. The Morgan fingerprint density at radius 1 is 1.17 bits per heavy atom. The topological polar surface area (TPSA) is 58.2 Å². The molecule has 2 aromatic carbocycles. The quantitative estimate of drug-likeness (QED) is 0.540. The number of rotatable bonds is 7. The number of benzene rings is 2. The molecule has 160 valence electrons. The molecule has 2 heterocycles. The fourth-order valence-corrected chi connectivity index (χ4v) is 4.53. The maximum absolute atomic E-state index is 13.1. The number of aromatic amines is 1. The third-order valence-electron chi connectivity index (χ3n) is 4.88. The molecule has 1 aromatic heterocycles. The van der Waals surface area contributed by atoms with Gasteiger partial charge in [0, 0.05) is 24.8 Å². The van der Waals surface area contributed by atoms with Crippen molar-refractivity contribution in [3.63, 3.8) is 0 Å². The van der Waals surface area contributed by atoms with Gasteiger partial charge in [-0.15, -0.1) is 0 Å². The second kappa shape index (κ2) is 8.25. The normalized spacial score (nSPS) is 15.8. The van der Waals surface area contributed by atoms with Gasteiger partial charge in [-0.1, -0.05) is 18.2 Å². The van der Waals surface area contributed by atoms with Crippen LogP contribution in [0.1, 0.15) is 18.4 Å². The number of ether oxygens (including phenoxy) is 1. The van der Waals surface area contributed by atoms with Crippen molar-refractivity contribution in [2.45, 2.75) is 36.3 Å². The predicted octanol–water partition coefficient (Wildman–Crippen LogP) is 4.71. The minimum absolute atomic E-state index is 0.180. The number of para-hydroxylation sites is 1. The number of anilines is 1. The van der Waals surface area contributed by atoms with Crippen LogP contribution in [0.15, 0.2) is 47.6 Å². The molecule has 5 nitrogen and oxygen atoms in total. The van der Waals surface area contributed by atoms with E-state index in [4.69, 9.17) is 0 Å². The van der Waals surface area contributed by atoms with Gasteiger partial charge in [-0.3, -0.25) is 4.21 Å². The Morgan fingerprint density at radius 2 is 1.90 bits per heavy atom. The molecule has 30 heavy (non-hydrogen) atoms. The van der Waals surface area contributed by atoms with Gasteiger partial charge in [-0.05, 0) is 36.6 Å². The number of H-pyrrole nitrogens is 1. The van der Waals surface area contributed by atoms with Crippen LogP contribution >= 0.6 is 0 Å². The van der Waals surface area contributed by atoms with Crippen LogP contribution in [0.2, 0.25) is 0 Å². The van der Waals surface area contributed by atoms with Crippen molar-refractivity contribution in [3.8, 4) is 5.75 Å². The molecule has 0 bridgehead atoms. The number of aromatic nitrogens is 2. The van der Waals surface area contributed by atoms with Gasteiger partial charge in [0.25, 0.3) is 0 Å². The Hall–Kier alpha value is -2.62. The lowest BCUT2D eigenvalue weighted by atomic mass is 10.2. The first-order chi connectivity index (χ1) is 14.3. The van der Waals surface area contributed by atoms with Crippen molar-refractivity contribution in [1.29, 1.82) is 0 Å². The van der Waals surface area contributed by atoms with Crippen LogP contribution in [0, 0.1) is 0 Å². The van der Waals surface area contributed by atoms with Gasteiger partial charge in [-0.25, -0.2) is 4.98 Å². The van der Waals surface area contributed by atoms with E-state index in [1.807, 2.05) is 24.3 Å². The second-order valence-electron chi connectivity index (χ2n) is 7.00. The third-order valence-corrected chi connectivity index (χ3v) is 6.08. The SMILES string of the molecule is O=S(Cc1ccccc1N1CCCC1)c1nc2ccc(OC(F)(F)C(F)F)cc2[nH]1. The zero-order valence-electron chi connectivity index (χ0n) is 15.8. The molecule has 10 heteroatoms. The number of imidazole rings is 1. The van der Waals surface area contributed by atoms with Crippen LogP contribution in [0.3, 0.4) is 0 Å². The number of alkyl halides is 4. The fraction of sp³-hybridized carbons (Fsp3) is 0.350. The summed E-state index contributed by atoms with van der Waals surface area (Å²) in [6.07, 6.45) is -6.31. The fourth-order valence-electron chi connectivity index (χ4n) is 3.45. The summed E-state index contributed by atoms with van der Waals surface area (Å²) in [5, 5.41) is 0.180. The van der Waals surface area contributed by atoms with Gasteiger partial charge < -0.3 is 14.6 Å². The van der Waals surface area contributed by atoms with Crippen molar-refractivity contribution in [3.05, 3.63) is 48.0 Å². The summed E-state index contributed by atoms with van der Waals surface area (Å²) < 4.78 is 67.9. The highest BCUT2D eigenvalue weighted by molar-refractivity contribution is 7.84. The molecule has 4 rings (SSSR count). The lowest BCUT2D eigenvalue weighted by Gasteiger charge is -2.21. The first-order valence-corrected chi connectivity index (χ1v) is 10.7. The third kappa shape index (κ3) is 4.28. The Bertz CT molecular complexity index is 1070. The maximum Gasteiger partial charge on any atom is 0.461 e.